The van der Waals surface area contributed by atoms with Gasteiger partial charge in [-0.05, 0) is 21.0 Å². The molecule has 0 aliphatic rings. The van der Waals surface area contributed by atoms with Crippen molar-refractivity contribution < 1.29 is 0 Å². The van der Waals surface area contributed by atoms with Crippen LogP contribution in [0.25, 0.3) is 0 Å². The van der Waals surface area contributed by atoms with Gasteiger partial charge in [-0.3, -0.25) is 4.90 Å². The van der Waals surface area contributed by atoms with E-state index in [1.165, 1.54) is 0 Å². The van der Waals surface area contributed by atoms with Crippen molar-refractivity contribution in [2.24, 2.45) is 0 Å². The van der Waals surface area contributed by atoms with Gasteiger partial charge in [0.25, 0.3) is 0 Å². The van der Waals surface area contributed by atoms with E-state index in [4.69, 9.17) is 11.1 Å². The number of nitrogens with zero attached hydrogens (tertiary/aromatic N) is 1. The maximum atomic E-state index is 5.54. The topological polar surface area (TPSA) is 15.3 Å². The summed E-state index contributed by atoms with van der Waals surface area (Å²) in [4.78, 5) is 5.27. The summed E-state index contributed by atoms with van der Waals surface area (Å²) in [6.07, 6.45) is 0.430. The van der Waals surface area contributed by atoms with E-state index in [1.54, 1.807) is 0 Å². The first-order valence-corrected chi connectivity index (χ1v) is 5.48. The molecule has 2 nitrogen and oxygen atoms in total. The summed E-state index contributed by atoms with van der Waals surface area (Å²) in [5.41, 5.74) is 0. The lowest BCUT2D eigenvalue weighted by atomic mass is 10.6. The maximum Gasteiger partial charge on any atom is 0.196 e. The van der Waals surface area contributed by atoms with Crippen LogP contribution in [0.15, 0.2) is 0 Å². The molecule has 0 saturated heterocycles. The van der Waals surface area contributed by atoms with Crippen LogP contribution in [0.4, 0.5) is 0 Å². The maximum absolute atomic E-state index is 5.54. The fourth-order valence-corrected chi connectivity index (χ4v) is 1.55. The fraction of sp³-hybridized carbons (Fsp3) is 1.00. The number of hydrogen-bond acceptors (Lipinski definition) is 2. The highest BCUT2D eigenvalue weighted by atomic mass is 35.6. The highest BCUT2D eigenvalue weighted by Crippen LogP contribution is 1.83. The Morgan fingerprint density at radius 3 is 2.25 bits per heavy atom. The van der Waals surface area contributed by atoms with Gasteiger partial charge in [-0.1, -0.05) is 0 Å². The normalized spacial score (nSPS) is 16.1. The van der Waals surface area contributed by atoms with Crippen LogP contribution in [0, 0.1) is 0 Å². The van der Waals surface area contributed by atoms with Crippen molar-refractivity contribution in [3.8, 4) is 0 Å². The van der Waals surface area contributed by atoms with Gasteiger partial charge in [-0.25, -0.2) is 0 Å². The molecule has 0 aromatic rings. The summed E-state index contributed by atoms with van der Waals surface area (Å²) in [5.74, 6) is 0. The number of rotatable bonds is 3. The number of halogens is 1. The average molecular weight is 153 g/mol. The Hall–Kier alpha value is 0.427. The van der Waals surface area contributed by atoms with Crippen molar-refractivity contribution in [3.63, 3.8) is 0 Å². The lowest BCUT2D eigenvalue weighted by Crippen LogP contribution is -2.39. The van der Waals surface area contributed by atoms with E-state index in [1.807, 2.05) is 14.1 Å². The Morgan fingerprint density at radius 1 is 1.62 bits per heavy atom. The van der Waals surface area contributed by atoms with Gasteiger partial charge in [-0.15, -0.1) is 0 Å². The molecule has 0 spiro atoms. The monoisotopic (exact) mass is 152 g/mol. The molecule has 0 aliphatic carbocycles. The first-order chi connectivity index (χ1) is 3.68. The van der Waals surface area contributed by atoms with E-state index in [2.05, 4.69) is 16.8 Å². The van der Waals surface area contributed by atoms with Gasteiger partial charge in [-0.2, -0.15) is 11.1 Å². The molecule has 1 N–H and O–H groups in total. The van der Waals surface area contributed by atoms with Crippen molar-refractivity contribution in [1.82, 2.24) is 9.88 Å². The highest BCUT2D eigenvalue weighted by molar-refractivity contribution is 6.92. The second kappa shape index (κ2) is 4.32. The van der Waals surface area contributed by atoms with Crippen LogP contribution in [-0.4, -0.2) is 34.2 Å². The quantitative estimate of drug-likeness (QED) is 0.340. The molecule has 8 heavy (non-hydrogen) atoms. The number of hydrogen-bond donors (Lipinski definition) is 1. The first kappa shape index (κ1) is 8.43. The standard InChI is InChI=1S/C4H13ClN2Si/c1-4(6-8-5)7(2)3/h4,6H,8H2,1-3H3. The Balaban J connectivity index is 3.17. The third kappa shape index (κ3) is 3.43. The molecule has 0 amide bonds. The summed E-state index contributed by atoms with van der Waals surface area (Å²) in [7, 11) is 3.56. The highest BCUT2D eigenvalue weighted by Gasteiger charge is 1.99. The molecule has 0 aromatic heterocycles. The Kier molecular flexibility index (Phi) is 4.55. The molecular formula is C4H13ClN2Si. The first-order valence-electron chi connectivity index (χ1n) is 2.64. The van der Waals surface area contributed by atoms with E-state index in [0.717, 1.165) is 0 Å². The zero-order valence-electron chi connectivity index (χ0n) is 5.61. The molecule has 50 valence electrons. The van der Waals surface area contributed by atoms with Gasteiger partial charge in [0.2, 0.25) is 0 Å². The van der Waals surface area contributed by atoms with Crippen LogP contribution in [0.2, 0.25) is 0 Å². The SMILES string of the molecule is CC(N[SiH2]Cl)N(C)C. The van der Waals surface area contributed by atoms with Gasteiger partial charge in [0, 0.05) is 0 Å². The van der Waals surface area contributed by atoms with E-state index in [9.17, 15) is 0 Å². The number of nitrogens with one attached hydrogen (secondary N) is 1. The molecule has 0 bridgehead atoms. The molecule has 0 aliphatic heterocycles. The molecule has 0 radical (unpaired) electrons. The largest absolute Gasteiger partial charge is 0.316 e. The molecule has 1 atom stereocenters. The van der Waals surface area contributed by atoms with E-state index in [0.29, 0.717) is 6.17 Å². The molecule has 0 aromatic carbocycles. The van der Waals surface area contributed by atoms with Gasteiger partial charge in [0.15, 0.2) is 8.99 Å². The van der Waals surface area contributed by atoms with Crippen molar-refractivity contribution in [2.45, 2.75) is 13.1 Å². The predicted molar refractivity (Wildman–Crippen MR) is 40.7 cm³/mol. The molecule has 0 saturated carbocycles. The summed E-state index contributed by atoms with van der Waals surface area (Å²) in [6.45, 7) is 2.09. The van der Waals surface area contributed by atoms with Gasteiger partial charge in [0.1, 0.15) is 0 Å². The molecule has 0 fully saturated rings. The third-order valence-corrected chi connectivity index (χ3v) is 2.36. The summed E-state index contributed by atoms with van der Waals surface area (Å²) < 4.78 is 0. The minimum absolute atomic E-state index is 0.430. The molecule has 0 heterocycles. The summed E-state index contributed by atoms with van der Waals surface area (Å²) in [6, 6.07) is 0. The molecule has 0 rings (SSSR count). The van der Waals surface area contributed by atoms with E-state index < -0.39 is 8.99 Å². The smallest absolute Gasteiger partial charge is 0.196 e. The van der Waals surface area contributed by atoms with Gasteiger partial charge in [0.05, 0.1) is 6.17 Å². The second-order valence-corrected chi connectivity index (χ2v) is 3.45. The van der Waals surface area contributed by atoms with Gasteiger partial charge < -0.3 is 4.98 Å². The zero-order chi connectivity index (χ0) is 6.57. The Morgan fingerprint density at radius 2 is 2.12 bits per heavy atom. The Bertz CT molecular complexity index is 60.0. The lowest BCUT2D eigenvalue weighted by Gasteiger charge is -2.19. The predicted octanol–water partition coefficient (Wildman–Crippen LogP) is -0.279. The lowest BCUT2D eigenvalue weighted by molar-refractivity contribution is 0.301. The van der Waals surface area contributed by atoms with Crippen LogP contribution in [0.1, 0.15) is 6.92 Å². The van der Waals surface area contributed by atoms with Crippen molar-refractivity contribution >= 4 is 20.1 Å². The van der Waals surface area contributed by atoms with Crippen molar-refractivity contribution in [1.29, 1.82) is 0 Å². The zero-order valence-corrected chi connectivity index (χ0v) is 7.78. The molecule has 1 unspecified atom stereocenters. The Labute approximate surface area is 57.8 Å². The van der Waals surface area contributed by atoms with Gasteiger partial charge >= 0.3 is 0 Å². The van der Waals surface area contributed by atoms with Crippen LogP contribution >= 0.6 is 11.1 Å². The molecular weight excluding hydrogens is 140 g/mol. The third-order valence-electron chi connectivity index (χ3n) is 1.15. The minimum atomic E-state index is -0.496. The van der Waals surface area contributed by atoms with E-state index in [-0.39, 0.29) is 0 Å². The minimum Gasteiger partial charge on any atom is -0.316 e. The van der Waals surface area contributed by atoms with E-state index >= 15 is 0 Å². The van der Waals surface area contributed by atoms with Crippen LogP contribution in [0.5, 0.6) is 0 Å². The second-order valence-electron chi connectivity index (χ2n) is 1.98. The van der Waals surface area contributed by atoms with Crippen LogP contribution in [-0.2, 0) is 0 Å². The summed E-state index contributed by atoms with van der Waals surface area (Å²) in [5, 5.41) is 0. The van der Waals surface area contributed by atoms with Crippen molar-refractivity contribution in [3.05, 3.63) is 0 Å². The summed E-state index contributed by atoms with van der Waals surface area (Å²) >= 11 is 5.54. The van der Waals surface area contributed by atoms with Crippen molar-refractivity contribution in [2.75, 3.05) is 14.1 Å². The fourth-order valence-electron chi connectivity index (χ4n) is 0.294. The average Bonchev–Trinajstić information content (AvgIpc) is 1.67. The van der Waals surface area contributed by atoms with Crippen LogP contribution < -0.4 is 4.98 Å². The molecule has 4 heteroatoms. The van der Waals surface area contributed by atoms with Crippen LogP contribution in [0.3, 0.4) is 0 Å².